The Balaban J connectivity index is 1.75. The van der Waals surface area contributed by atoms with E-state index < -0.39 is 0 Å². The summed E-state index contributed by atoms with van der Waals surface area (Å²) < 4.78 is 5.93. The van der Waals surface area contributed by atoms with Gasteiger partial charge in [0, 0.05) is 11.8 Å². The van der Waals surface area contributed by atoms with Gasteiger partial charge < -0.3 is 4.74 Å². The molecule has 148 valence electrons. The molecule has 0 aromatic carbocycles. The van der Waals surface area contributed by atoms with Gasteiger partial charge in [-0.1, -0.05) is 46.5 Å². The molecule has 0 bridgehead atoms. The van der Waals surface area contributed by atoms with Gasteiger partial charge in [0.05, 0.1) is 5.92 Å². The molecule has 0 amide bonds. The van der Waals surface area contributed by atoms with Crippen LogP contribution in [0.1, 0.15) is 92.4 Å². The topological polar surface area (TPSA) is 26.3 Å². The van der Waals surface area contributed by atoms with E-state index in [2.05, 4.69) is 46.5 Å². The summed E-state index contributed by atoms with van der Waals surface area (Å²) in [5.74, 6) is 10.2. The molecule has 0 radical (unpaired) electrons. The molecule has 0 aromatic rings. The van der Waals surface area contributed by atoms with E-state index in [1.165, 1.54) is 25.7 Å². The zero-order chi connectivity index (χ0) is 19.1. The number of carbonyl (C=O) groups excluding carboxylic acids is 1. The minimum absolute atomic E-state index is 0.0700. The van der Waals surface area contributed by atoms with Gasteiger partial charge >= 0.3 is 5.97 Å². The predicted octanol–water partition coefficient (Wildman–Crippen LogP) is 6.24. The molecule has 4 unspecified atom stereocenters. The van der Waals surface area contributed by atoms with E-state index in [1.807, 2.05) is 0 Å². The second-order valence-electron chi connectivity index (χ2n) is 9.58. The second-order valence-corrected chi connectivity index (χ2v) is 9.58. The van der Waals surface area contributed by atoms with Crippen LogP contribution in [0.25, 0.3) is 0 Å². The molecule has 0 aliphatic heterocycles. The van der Waals surface area contributed by atoms with Crippen LogP contribution in [0.4, 0.5) is 0 Å². The molecule has 2 aliphatic rings. The second kappa shape index (κ2) is 10.4. The lowest BCUT2D eigenvalue weighted by molar-refractivity contribution is -0.160. The summed E-state index contributed by atoms with van der Waals surface area (Å²) in [6.07, 6.45) is 10.1. The Kier molecular flexibility index (Phi) is 8.52. The van der Waals surface area contributed by atoms with Crippen molar-refractivity contribution in [1.29, 1.82) is 0 Å². The molecule has 0 heterocycles. The Morgan fingerprint density at radius 2 is 1.69 bits per heavy atom. The zero-order valence-corrected chi connectivity index (χ0v) is 17.7. The van der Waals surface area contributed by atoms with Crippen LogP contribution in [0.5, 0.6) is 0 Å². The SMILES string of the molecule is CC(C)CCC(C)C#CC1CCC(OC(=O)C2CCC(C)CC2)C(C)C1. The van der Waals surface area contributed by atoms with E-state index in [0.29, 0.717) is 17.8 Å². The van der Waals surface area contributed by atoms with Gasteiger partial charge in [0.25, 0.3) is 0 Å². The number of rotatable bonds is 5. The van der Waals surface area contributed by atoms with Crippen LogP contribution < -0.4 is 0 Å². The van der Waals surface area contributed by atoms with Crippen molar-refractivity contribution in [1.82, 2.24) is 0 Å². The van der Waals surface area contributed by atoms with E-state index >= 15 is 0 Å². The molecule has 0 N–H and O–H groups in total. The van der Waals surface area contributed by atoms with E-state index in [0.717, 1.165) is 43.9 Å². The molecule has 4 atom stereocenters. The molecule has 2 saturated carbocycles. The van der Waals surface area contributed by atoms with Gasteiger partial charge in [0.1, 0.15) is 6.10 Å². The average molecular weight is 361 g/mol. The van der Waals surface area contributed by atoms with Crippen molar-refractivity contribution in [3.05, 3.63) is 0 Å². The number of carbonyl (C=O) groups is 1. The Morgan fingerprint density at radius 1 is 1.00 bits per heavy atom. The fourth-order valence-corrected chi connectivity index (χ4v) is 4.33. The Morgan fingerprint density at radius 3 is 2.31 bits per heavy atom. The molecule has 26 heavy (non-hydrogen) atoms. The summed E-state index contributed by atoms with van der Waals surface area (Å²) in [6.45, 7) is 11.3. The van der Waals surface area contributed by atoms with Crippen molar-refractivity contribution in [2.75, 3.05) is 0 Å². The molecule has 2 heteroatoms. The first kappa shape index (κ1) is 21.3. The van der Waals surface area contributed by atoms with Crippen molar-refractivity contribution in [3.63, 3.8) is 0 Å². The molecule has 2 aliphatic carbocycles. The fraction of sp³-hybridized carbons (Fsp3) is 0.875. The highest BCUT2D eigenvalue weighted by molar-refractivity contribution is 5.72. The zero-order valence-electron chi connectivity index (χ0n) is 17.7. The number of hydrogen-bond donors (Lipinski definition) is 0. The summed E-state index contributed by atoms with van der Waals surface area (Å²) in [6, 6.07) is 0. The molecular weight excluding hydrogens is 320 g/mol. The quantitative estimate of drug-likeness (QED) is 0.429. The minimum Gasteiger partial charge on any atom is -0.462 e. The van der Waals surface area contributed by atoms with Gasteiger partial charge in [-0.25, -0.2) is 0 Å². The molecular formula is C24H40O2. The normalized spacial score (nSPS) is 33.2. The van der Waals surface area contributed by atoms with Crippen LogP contribution in [0.15, 0.2) is 0 Å². The number of hydrogen-bond acceptors (Lipinski definition) is 2. The average Bonchev–Trinajstić information content (AvgIpc) is 2.60. The summed E-state index contributed by atoms with van der Waals surface area (Å²) in [4.78, 5) is 12.5. The smallest absolute Gasteiger partial charge is 0.309 e. The fourth-order valence-electron chi connectivity index (χ4n) is 4.33. The Hall–Kier alpha value is -0.970. The standard InChI is InChI=1S/C24H40O2/c1-17(2)6-7-18(3)8-11-21-12-15-23(20(5)16-21)26-24(25)22-13-9-19(4)10-14-22/h17-23H,6-7,9-10,12-16H2,1-5H3. The lowest BCUT2D eigenvalue weighted by Crippen LogP contribution is -2.34. The summed E-state index contributed by atoms with van der Waals surface area (Å²) in [5, 5.41) is 0. The van der Waals surface area contributed by atoms with Crippen LogP contribution in [0.3, 0.4) is 0 Å². The van der Waals surface area contributed by atoms with E-state index in [1.54, 1.807) is 0 Å². The van der Waals surface area contributed by atoms with E-state index in [4.69, 9.17) is 4.74 Å². The highest BCUT2D eigenvalue weighted by Crippen LogP contribution is 2.34. The molecule has 0 saturated heterocycles. The number of ether oxygens (including phenoxy) is 1. The third-order valence-electron chi connectivity index (χ3n) is 6.42. The monoisotopic (exact) mass is 360 g/mol. The first-order chi connectivity index (χ1) is 12.3. The van der Waals surface area contributed by atoms with Crippen molar-refractivity contribution in [3.8, 4) is 11.8 Å². The third kappa shape index (κ3) is 6.98. The van der Waals surface area contributed by atoms with E-state index in [-0.39, 0.29) is 18.0 Å². The van der Waals surface area contributed by atoms with Gasteiger partial charge in [-0.15, -0.1) is 0 Å². The van der Waals surface area contributed by atoms with Gasteiger partial charge in [-0.05, 0) is 75.5 Å². The minimum atomic E-state index is 0.0700. The first-order valence-electron chi connectivity index (χ1n) is 11.1. The lowest BCUT2D eigenvalue weighted by atomic mass is 9.80. The van der Waals surface area contributed by atoms with Crippen LogP contribution in [0, 0.1) is 47.3 Å². The molecule has 0 spiro atoms. The van der Waals surface area contributed by atoms with Crippen molar-refractivity contribution in [2.45, 2.75) is 98.5 Å². The van der Waals surface area contributed by atoms with Crippen LogP contribution in [-0.4, -0.2) is 12.1 Å². The van der Waals surface area contributed by atoms with Crippen molar-refractivity contribution < 1.29 is 9.53 Å². The highest BCUT2D eigenvalue weighted by Gasteiger charge is 2.32. The van der Waals surface area contributed by atoms with Gasteiger partial charge in [-0.2, -0.15) is 0 Å². The lowest BCUT2D eigenvalue weighted by Gasteiger charge is -2.33. The van der Waals surface area contributed by atoms with E-state index in [9.17, 15) is 4.79 Å². The van der Waals surface area contributed by atoms with Crippen molar-refractivity contribution in [2.24, 2.45) is 35.5 Å². The number of esters is 1. The Bertz CT molecular complexity index is 490. The van der Waals surface area contributed by atoms with Crippen molar-refractivity contribution >= 4 is 5.97 Å². The van der Waals surface area contributed by atoms with Gasteiger partial charge in [-0.3, -0.25) is 4.79 Å². The largest absolute Gasteiger partial charge is 0.462 e. The maximum atomic E-state index is 12.5. The summed E-state index contributed by atoms with van der Waals surface area (Å²) in [7, 11) is 0. The maximum absolute atomic E-state index is 12.5. The molecule has 2 fully saturated rings. The van der Waals surface area contributed by atoms with Gasteiger partial charge in [0.15, 0.2) is 0 Å². The van der Waals surface area contributed by atoms with Gasteiger partial charge in [0.2, 0.25) is 0 Å². The van der Waals surface area contributed by atoms with Crippen LogP contribution in [-0.2, 0) is 9.53 Å². The predicted molar refractivity (Wildman–Crippen MR) is 109 cm³/mol. The summed E-state index contributed by atoms with van der Waals surface area (Å²) in [5.41, 5.74) is 0. The summed E-state index contributed by atoms with van der Waals surface area (Å²) >= 11 is 0. The maximum Gasteiger partial charge on any atom is 0.309 e. The highest BCUT2D eigenvalue weighted by atomic mass is 16.5. The first-order valence-corrected chi connectivity index (χ1v) is 11.1. The molecule has 2 rings (SSSR count). The molecule has 2 nitrogen and oxygen atoms in total. The third-order valence-corrected chi connectivity index (χ3v) is 6.42. The van der Waals surface area contributed by atoms with Crippen LogP contribution in [0.2, 0.25) is 0 Å². The molecule has 0 aromatic heterocycles. The Labute approximate surface area is 161 Å². The van der Waals surface area contributed by atoms with Crippen LogP contribution >= 0.6 is 0 Å².